The van der Waals surface area contributed by atoms with Crippen molar-refractivity contribution in [1.82, 2.24) is 9.88 Å². The molecule has 0 unspecified atom stereocenters. The minimum atomic E-state index is 0.218. The largest absolute Gasteiger partial charge is 0.345 e. The molecule has 1 aliphatic rings. The van der Waals surface area contributed by atoms with Gasteiger partial charge in [0.1, 0.15) is 0 Å². The van der Waals surface area contributed by atoms with Crippen molar-refractivity contribution >= 4 is 45.7 Å². The topological polar surface area (TPSA) is 36.4 Å². The number of carbonyl (C=O) groups excluding carboxylic acids is 1. The van der Waals surface area contributed by atoms with E-state index >= 15 is 0 Å². The Morgan fingerprint density at radius 2 is 2.13 bits per heavy atom. The second-order valence-corrected chi connectivity index (χ2v) is 7.60. The van der Waals surface area contributed by atoms with Gasteiger partial charge in [-0.2, -0.15) is 0 Å². The zero-order valence-electron chi connectivity index (χ0n) is 12.7. The van der Waals surface area contributed by atoms with Crippen molar-refractivity contribution in [2.45, 2.75) is 5.75 Å². The molecule has 0 aliphatic carbocycles. The van der Waals surface area contributed by atoms with Gasteiger partial charge in [-0.05, 0) is 17.7 Å². The van der Waals surface area contributed by atoms with Crippen LogP contribution < -0.4 is 4.90 Å². The fraction of sp³-hybridized carbons (Fsp3) is 0.375. The lowest BCUT2D eigenvalue weighted by atomic mass is 10.2. The van der Waals surface area contributed by atoms with Crippen LogP contribution in [0.3, 0.4) is 0 Å². The third kappa shape index (κ3) is 4.62. The predicted molar refractivity (Wildman–Crippen MR) is 98.5 cm³/mol. The van der Waals surface area contributed by atoms with E-state index in [1.54, 1.807) is 23.1 Å². The minimum Gasteiger partial charge on any atom is -0.345 e. The van der Waals surface area contributed by atoms with Crippen molar-refractivity contribution in [3.8, 4) is 0 Å². The van der Waals surface area contributed by atoms with Crippen LogP contribution in [0.15, 0.2) is 35.8 Å². The Balaban J connectivity index is 1.41. The number of hydrogen-bond acceptors (Lipinski definition) is 5. The van der Waals surface area contributed by atoms with E-state index in [2.05, 4.69) is 9.88 Å². The number of thioether (sulfide) groups is 1. The average molecular weight is 368 g/mol. The summed E-state index contributed by atoms with van der Waals surface area (Å²) in [4.78, 5) is 20.8. The van der Waals surface area contributed by atoms with E-state index < -0.39 is 0 Å². The number of rotatable bonds is 5. The summed E-state index contributed by atoms with van der Waals surface area (Å²) in [6.07, 6.45) is 1.82. The van der Waals surface area contributed by atoms with Gasteiger partial charge in [0.05, 0.1) is 5.75 Å². The van der Waals surface area contributed by atoms with Crippen molar-refractivity contribution in [3.05, 3.63) is 46.4 Å². The molecule has 23 heavy (non-hydrogen) atoms. The summed E-state index contributed by atoms with van der Waals surface area (Å²) >= 11 is 9.26. The Kier molecular flexibility index (Phi) is 5.80. The summed E-state index contributed by atoms with van der Waals surface area (Å²) < 4.78 is 0. The first-order valence-corrected chi connectivity index (χ1v) is 9.88. The number of aromatic nitrogens is 1. The van der Waals surface area contributed by atoms with Crippen molar-refractivity contribution < 1.29 is 4.79 Å². The van der Waals surface area contributed by atoms with E-state index in [0.29, 0.717) is 5.75 Å². The number of carbonyl (C=O) groups is 1. The Labute approximate surface area is 149 Å². The molecule has 0 spiro atoms. The van der Waals surface area contributed by atoms with Crippen LogP contribution >= 0.6 is 34.7 Å². The van der Waals surface area contributed by atoms with E-state index in [0.717, 1.165) is 47.6 Å². The molecule has 1 fully saturated rings. The summed E-state index contributed by atoms with van der Waals surface area (Å²) in [5, 5.41) is 3.78. The van der Waals surface area contributed by atoms with Crippen LogP contribution in [0, 0.1) is 0 Å². The number of halogens is 1. The van der Waals surface area contributed by atoms with Crippen LogP contribution in [-0.2, 0) is 10.5 Å². The summed E-state index contributed by atoms with van der Waals surface area (Å²) in [7, 11) is 0. The second kappa shape index (κ2) is 8.04. The molecule has 1 saturated heterocycles. The normalized spacial score (nSPS) is 15.0. The lowest BCUT2D eigenvalue weighted by molar-refractivity contribution is -0.128. The quantitative estimate of drug-likeness (QED) is 0.811. The zero-order chi connectivity index (χ0) is 16.1. The van der Waals surface area contributed by atoms with Gasteiger partial charge in [-0.3, -0.25) is 4.79 Å². The van der Waals surface area contributed by atoms with Gasteiger partial charge in [-0.15, -0.1) is 23.1 Å². The predicted octanol–water partition coefficient (Wildman–Crippen LogP) is 3.38. The first-order chi connectivity index (χ1) is 11.2. The van der Waals surface area contributed by atoms with Crippen LogP contribution in [0.1, 0.15) is 5.56 Å². The molecule has 0 radical (unpaired) electrons. The smallest absolute Gasteiger partial charge is 0.232 e. The first kappa shape index (κ1) is 16.6. The molecular formula is C16H18ClN3OS2. The summed E-state index contributed by atoms with van der Waals surface area (Å²) in [5.41, 5.74) is 1.16. The van der Waals surface area contributed by atoms with Crippen LogP contribution in [-0.4, -0.2) is 47.7 Å². The molecule has 4 nitrogen and oxygen atoms in total. The third-order valence-corrected chi connectivity index (χ3v) is 5.76. The molecule has 7 heteroatoms. The van der Waals surface area contributed by atoms with Gasteiger partial charge >= 0.3 is 0 Å². The van der Waals surface area contributed by atoms with Gasteiger partial charge in [0.25, 0.3) is 0 Å². The molecule has 0 N–H and O–H groups in total. The number of piperazine rings is 1. The van der Waals surface area contributed by atoms with Crippen LogP contribution in [0.4, 0.5) is 5.13 Å². The lowest BCUT2D eigenvalue weighted by Gasteiger charge is -2.34. The van der Waals surface area contributed by atoms with Crippen molar-refractivity contribution in [2.75, 3.05) is 36.8 Å². The van der Waals surface area contributed by atoms with Crippen LogP contribution in [0.2, 0.25) is 5.02 Å². The van der Waals surface area contributed by atoms with Gasteiger partial charge in [-0.25, -0.2) is 4.98 Å². The zero-order valence-corrected chi connectivity index (χ0v) is 15.0. The van der Waals surface area contributed by atoms with Gasteiger partial charge < -0.3 is 9.80 Å². The molecular weight excluding hydrogens is 350 g/mol. The molecule has 3 rings (SSSR count). The molecule has 1 aromatic carbocycles. The summed E-state index contributed by atoms with van der Waals surface area (Å²) in [6, 6.07) is 7.79. The summed E-state index contributed by atoms with van der Waals surface area (Å²) in [5.74, 6) is 1.55. The summed E-state index contributed by atoms with van der Waals surface area (Å²) in [6.45, 7) is 3.27. The molecule has 2 heterocycles. The second-order valence-electron chi connectivity index (χ2n) is 5.31. The van der Waals surface area contributed by atoms with Gasteiger partial charge in [0.2, 0.25) is 5.91 Å². The Morgan fingerprint density at radius 3 is 2.83 bits per heavy atom. The molecule has 0 atom stereocenters. The fourth-order valence-corrected chi connectivity index (χ4v) is 4.28. The van der Waals surface area contributed by atoms with Gasteiger partial charge in [-0.1, -0.05) is 23.7 Å². The molecule has 1 amide bonds. The number of hydrogen-bond donors (Lipinski definition) is 0. The Bertz CT molecular complexity index is 643. The standard InChI is InChI=1S/C16H18ClN3OS2/c17-14-3-1-2-13(10-14)11-22-12-15(21)19-5-7-20(8-6-19)16-18-4-9-23-16/h1-4,9-10H,5-8,11-12H2. The average Bonchev–Trinajstić information content (AvgIpc) is 3.09. The van der Waals surface area contributed by atoms with Crippen molar-refractivity contribution in [3.63, 3.8) is 0 Å². The Morgan fingerprint density at radius 1 is 1.30 bits per heavy atom. The first-order valence-electron chi connectivity index (χ1n) is 7.47. The van der Waals surface area contributed by atoms with E-state index in [1.165, 1.54) is 0 Å². The molecule has 1 aliphatic heterocycles. The maximum Gasteiger partial charge on any atom is 0.232 e. The highest BCUT2D eigenvalue weighted by Gasteiger charge is 2.22. The van der Waals surface area contributed by atoms with Crippen LogP contribution in [0.25, 0.3) is 0 Å². The number of benzene rings is 1. The lowest BCUT2D eigenvalue weighted by Crippen LogP contribution is -2.49. The molecule has 122 valence electrons. The molecule has 0 bridgehead atoms. The molecule has 2 aromatic rings. The molecule has 1 aromatic heterocycles. The van der Waals surface area contributed by atoms with Gasteiger partial charge in [0, 0.05) is 48.5 Å². The van der Waals surface area contributed by atoms with E-state index in [4.69, 9.17) is 11.6 Å². The monoisotopic (exact) mass is 367 g/mol. The van der Waals surface area contributed by atoms with Gasteiger partial charge in [0.15, 0.2) is 5.13 Å². The highest BCUT2D eigenvalue weighted by Crippen LogP contribution is 2.20. The number of anilines is 1. The van der Waals surface area contributed by atoms with Crippen molar-refractivity contribution in [1.29, 1.82) is 0 Å². The molecule has 0 saturated carbocycles. The number of amides is 1. The highest BCUT2D eigenvalue weighted by atomic mass is 35.5. The maximum atomic E-state index is 12.3. The van der Waals surface area contributed by atoms with E-state index in [1.807, 2.05) is 40.7 Å². The SMILES string of the molecule is O=C(CSCc1cccc(Cl)c1)N1CCN(c2nccs2)CC1. The van der Waals surface area contributed by atoms with Crippen molar-refractivity contribution in [2.24, 2.45) is 0 Å². The fourth-order valence-electron chi connectivity index (χ4n) is 2.49. The highest BCUT2D eigenvalue weighted by molar-refractivity contribution is 7.99. The third-order valence-electron chi connectivity index (χ3n) is 3.71. The number of nitrogens with zero attached hydrogens (tertiary/aromatic N) is 3. The van der Waals surface area contributed by atoms with Crippen LogP contribution in [0.5, 0.6) is 0 Å². The minimum absolute atomic E-state index is 0.218. The van der Waals surface area contributed by atoms with E-state index in [-0.39, 0.29) is 5.91 Å². The Hall–Kier alpha value is -1.24. The maximum absolute atomic E-state index is 12.3. The number of thiazole rings is 1. The van der Waals surface area contributed by atoms with E-state index in [9.17, 15) is 4.79 Å².